The first-order valence-electron chi connectivity index (χ1n) is 6.04. The van der Waals surface area contributed by atoms with Gasteiger partial charge in [-0.1, -0.05) is 24.3 Å². The van der Waals surface area contributed by atoms with Crippen molar-refractivity contribution in [2.45, 2.75) is 25.7 Å². The minimum absolute atomic E-state index is 0.0185. The van der Waals surface area contributed by atoms with Gasteiger partial charge in [-0.25, -0.2) is 0 Å². The molecule has 0 bridgehead atoms. The van der Waals surface area contributed by atoms with Crippen LogP contribution in [0.1, 0.15) is 11.1 Å². The highest BCUT2D eigenvalue weighted by Gasteiger charge is 2.44. The molecule has 100 valence electrons. The van der Waals surface area contributed by atoms with E-state index in [1.807, 2.05) is 31.2 Å². The molecule has 1 aromatic carbocycles. The summed E-state index contributed by atoms with van der Waals surface area (Å²) in [5.74, 6) is 0. The van der Waals surface area contributed by atoms with Gasteiger partial charge in [-0.3, -0.25) is 4.90 Å². The van der Waals surface area contributed by atoms with Crippen molar-refractivity contribution in [1.29, 1.82) is 0 Å². The lowest BCUT2D eigenvalue weighted by molar-refractivity contribution is -0.188. The van der Waals surface area contributed by atoms with Gasteiger partial charge in [0, 0.05) is 26.2 Å². The maximum atomic E-state index is 12.9. The number of aryl methyl sites for hydroxylation is 1. The molecule has 1 aromatic rings. The molecule has 1 atom stereocenters. The van der Waals surface area contributed by atoms with E-state index in [9.17, 15) is 13.2 Å². The van der Waals surface area contributed by atoms with E-state index < -0.39 is 12.2 Å². The van der Waals surface area contributed by atoms with Crippen molar-refractivity contribution in [3.8, 4) is 0 Å². The molecule has 2 rings (SSSR count). The van der Waals surface area contributed by atoms with Gasteiger partial charge in [0.1, 0.15) is 6.04 Å². The fourth-order valence-corrected chi connectivity index (χ4v) is 2.26. The fourth-order valence-electron chi connectivity index (χ4n) is 2.26. The largest absolute Gasteiger partial charge is 0.405 e. The van der Waals surface area contributed by atoms with Gasteiger partial charge in [0.05, 0.1) is 0 Å². The first-order valence-corrected chi connectivity index (χ1v) is 6.04. The normalized spacial score (nSPS) is 22.1. The molecule has 1 unspecified atom stereocenters. The number of piperazine rings is 1. The molecule has 18 heavy (non-hydrogen) atoms. The van der Waals surface area contributed by atoms with E-state index in [-0.39, 0.29) is 6.54 Å². The van der Waals surface area contributed by atoms with Crippen LogP contribution in [0.4, 0.5) is 13.2 Å². The number of halogens is 3. The van der Waals surface area contributed by atoms with E-state index in [1.54, 1.807) is 0 Å². The zero-order valence-corrected chi connectivity index (χ0v) is 10.3. The quantitative estimate of drug-likeness (QED) is 0.876. The molecule has 0 spiro atoms. The van der Waals surface area contributed by atoms with E-state index in [1.165, 1.54) is 4.90 Å². The number of nitrogens with zero attached hydrogens (tertiary/aromatic N) is 1. The van der Waals surface area contributed by atoms with Crippen molar-refractivity contribution in [2.24, 2.45) is 0 Å². The Hall–Kier alpha value is -1.07. The minimum Gasteiger partial charge on any atom is -0.314 e. The van der Waals surface area contributed by atoms with Gasteiger partial charge >= 0.3 is 6.18 Å². The first-order chi connectivity index (χ1) is 8.48. The predicted molar refractivity (Wildman–Crippen MR) is 64.3 cm³/mol. The highest BCUT2D eigenvalue weighted by Crippen LogP contribution is 2.27. The van der Waals surface area contributed by atoms with Crippen LogP contribution < -0.4 is 5.32 Å². The second kappa shape index (κ2) is 5.28. The van der Waals surface area contributed by atoms with Crippen LogP contribution in [-0.4, -0.2) is 36.8 Å². The summed E-state index contributed by atoms with van der Waals surface area (Å²) in [4.78, 5) is 1.51. The lowest BCUT2D eigenvalue weighted by Gasteiger charge is -2.37. The summed E-state index contributed by atoms with van der Waals surface area (Å²) in [6.45, 7) is 3.31. The lowest BCUT2D eigenvalue weighted by atomic mass is 10.1. The van der Waals surface area contributed by atoms with Gasteiger partial charge < -0.3 is 5.32 Å². The summed E-state index contributed by atoms with van der Waals surface area (Å²) in [6, 6.07) is 6.21. The van der Waals surface area contributed by atoms with Crippen molar-refractivity contribution >= 4 is 0 Å². The Morgan fingerprint density at radius 3 is 2.72 bits per heavy atom. The molecule has 1 heterocycles. The second-order valence-corrected chi connectivity index (χ2v) is 4.66. The van der Waals surface area contributed by atoms with Crippen molar-refractivity contribution in [3.63, 3.8) is 0 Å². The van der Waals surface area contributed by atoms with Gasteiger partial charge in [-0.15, -0.1) is 0 Å². The Morgan fingerprint density at radius 2 is 2.06 bits per heavy atom. The third-order valence-electron chi connectivity index (χ3n) is 3.37. The van der Waals surface area contributed by atoms with E-state index in [0.29, 0.717) is 19.6 Å². The summed E-state index contributed by atoms with van der Waals surface area (Å²) >= 11 is 0. The third-order valence-corrected chi connectivity index (χ3v) is 3.37. The summed E-state index contributed by atoms with van der Waals surface area (Å²) < 4.78 is 38.7. The van der Waals surface area contributed by atoms with Crippen LogP contribution in [0.25, 0.3) is 0 Å². The summed E-state index contributed by atoms with van der Waals surface area (Å²) in [5, 5.41) is 2.81. The van der Waals surface area contributed by atoms with Crippen molar-refractivity contribution in [1.82, 2.24) is 10.2 Å². The average molecular weight is 258 g/mol. The molecule has 1 N–H and O–H groups in total. The third kappa shape index (κ3) is 3.03. The van der Waals surface area contributed by atoms with E-state index in [2.05, 4.69) is 5.32 Å². The maximum Gasteiger partial charge on any atom is 0.405 e. The standard InChI is InChI=1S/C13H17F3N2/c1-10-4-2-3-5-11(10)9-18-7-6-17-8-12(18)13(14,15)16/h2-5,12,17H,6-9H2,1H3. The lowest BCUT2D eigenvalue weighted by Crippen LogP contribution is -2.57. The van der Waals surface area contributed by atoms with Crippen LogP contribution in [0.15, 0.2) is 24.3 Å². The number of hydrogen-bond donors (Lipinski definition) is 1. The van der Waals surface area contributed by atoms with E-state index in [4.69, 9.17) is 0 Å². The monoisotopic (exact) mass is 258 g/mol. The fraction of sp³-hybridized carbons (Fsp3) is 0.538. The van der Waals surface area contributed by atoms with Gasteiger partial charge in [0.2, 0.25) is 0 Å². The summed E-state index contributed by atoms with van der Waals surface area (Å²) in [5.41, 5.74) is 2.01. The molecule has 1 aliphatic rings. The molecule has 0 amide bonds. The zero-order chi connectivity index (χ0) is 13.2. The van der Waals surface area contributed by atoms with Crippen LogP contribution >= 0.6 is 0 Å². The second-order valence-electron chi connectivity index (χ2n) is 4.66. The van der Waals surface area contributed by atoms with E-state index in [0.717, 1.165) is 11.1 Å². The van der Waals surface area contributed by atoms with Crippen LogP contribution in [0.5, 0.6) is 0 Å². The van der Waals surface area contributed by atoms with Crippen LogP contribution in [0.3, 0.4) is 0 Å². The molecule has 5 heteroatoms. The predicted octanol–water partition coefficient (Wildman–Crippen LogP) is 2.33. The minimum atomic E-state index is -4.17. The molecule has 1 saturated heterocycles. The van der Waals surface area contributed by atoms with Crippen LogP contribution in [0, 0.1) is 6.92 Å². The Balaban J connectivity index is 2.13. The Morgan fingerprint density at radius 1 is 1.33 bits per heavy atom. The molecule has 0 saturated carbocycles. The van der Waals surface area contributed by atoms with Crippen LogP contribution in [0.2, 0.25) is 0 Å². The van der Waals surface area contributed by atoms with E-state index >= 15 is 0 Å². The molecule has 0 aliphatic carbocycles. The molecule has 0 radical (unpaired) electrons. The Kier molecular flexibility index (Phi) is 3.92. The smallest absolute Gasteiger partial charge is 0.314 e. The zero-order valence-electron chi connectivity index (χ0n) is 10.3. The van der Waals surface area contributed by atoms with Gasteiger partial charge in [-0.2, -0.15) is 13.2 Å². The molecular formula is C13H17F3N2. The highest BCUT2D eigenvalue weighted by atomic mass is 19.4. The van der Waals surface area contributed by atoms with Crippen LogP contribution in [-0.2, 0) is 6.54 Å². The van der Waals surface area contributed by atoms with Crippen molar-refractivity contribution < 1.29 is 13.2 Å². The Bertz CT molecular complexity index is 403. The van der Waals surface area contributed by atoms with Gasteiger partial charge in [0.25, 0.3) is 0 Å². The van der Waals surface area contributed by atoms with Gasteiger partial charge in [0.15, 0.2) is 0 Å². The number of benzene rings is 1. The number of nitrogens with one attached hydrogen (secondary N) is 1. The first kappa shape index (κ1) is 13.4. The summed E-state index contributed by atoms with van der Waals surface area (Å²) in [6.07, 6.45) is -4.17. The molecular weight excluding hydrogens is 241 g/mol. The SMILES string of the molecule is Cc1ccccc1CN1CCNCC1C(F)(F)F. The molecule has 2 nitrogen and oxygen atoms in total. The summed E-state index contributed by atoms with van der Waals surface area (Å²) in [7, 11) is 0. The van der Waals surface area contributed by atoms with Crippen molar-refractivity contribution in [3.05, 3.63) is 35.4 Å². The maximum absolute atomic E-state index is 12.9. The topological polar surface area (TPSA) is 15.3 Å². The van der Waals surface area contributed by atoms with Gasteiger partial charge in [-0.05, 0) is 18.1 Å². The number of alkyl halides is 3. The molecule has 1 aliphatic heterocycles. The average Bonchev–Trinajstić information content (AvgIpc) is 2.31. The highest BCUT2D eigenvalue weighted by molar-refractivity contribution is 5.25. The molecule has 0 aromatic heterocycles. The number of hydrogen-bond acceptors (Lipinski definition) is 2. The molecule has 1 fully saturated rings. The van der Waals surface area contributed by atoms with Crippen molar-refractivity contribution in [2.75, 3.05) is 19.6 Å². The number of rotatable bonds is 2. The Labute approximate surface area is 105 Å².